The fraction of sp³-hybridized carbons (Fsp3) is 0.526. The van der Waals surface area contributed by atoms with Gasteiger partial charge in [-0.25, -0.2) is 4.79 Å². The van der Waals surface area contributed by atoms with Gasteiger partial charge in [0.25, 0.3) is 5.91 Å². The third-order valence-electron chi connectivity index (χ3n) is 5.17. The molecule has 25 heavy (non-hydrogen) atoms. The van der Waals surface area contributed by atoms with E-state index in [-0.39, 0.29) is 30.4 Å². The Bertz CT molecular complexity index is 675. The van der Waals surface area contributed by atoms with Gasteiger partial charge in [-0.3, -0.25) is 14.5 Å². The van der Waals surface area contributed by atoms with E-state index >= 15 is 0 Å². The Balaban J connectivity index is 1.67. The minimum Gasteiger partial charge on any atom is -0.466 e. The fourth-order valence-electron chi connectivity index (χ4n) is 3.64. The number of ether oxygens (including phenoxy) is 1. The van der Waals surface area contributed by atoms with Crippen molar-refractivity contribution >= 4 is 17.9 Å². The standard InChI is InChI=1S/C19H24N2O4/c1-3-25-16(22)15-8-10-19(11-9-15)17(23)21(18(24)20-19)12-14-6-4-13(2)5-7-14/h4-7,15H,3,8-12H2,1-2H3,(H,20,24). The smallest absolute Gasteiger partial charge is 0.325 e. The summed E-state index contributed by atoms with van der Waals surface area (Å²) in [5, 5.41) is 2.88. The van der Waals surface area contributed by atoms with Gasteiger partial charge in [0.15, 0.2) is 0 Å². The average molecular weight is 344 g/mol. The fourth-order valence-corrected chi connectivity index (χ4v) is 3.64. The van der Waals surface area contributed by atoms with Gasteiger partial charge in [-0.05, 0) is 45.1 Å². The molecule has 6 nitrogen and oxygen atoms in total. The number of amides is 3. The molecule has 2 fully saturated rings. The van der Waals surface area contributed by atoms with Gasteiger partial charge in [0.05, 0.1) is 19.1 Å². The Labute approximate surface area is 147 Å². The van der Waals surface area contributed by atoms with Crippen LogP contribution in [0.2, 0.25) is 0 Å². The van der Waals surface area contributed by atoms with Crippen molar-refractivity contribution in [3.63, 3.8) is 0 Å². The first-order valence-corrected chi connectivity index (χ1v) is 8.81. The van der Waals surface area contributed by atoms with Crippen LogP contribution in [0.3, 0.4) is 0 Å². The summed E-state index contributed by atoms with van der Waals surface area (Å²) in [6, 6.07) is 7.44. The molecule has 1 aromatic carbocycles. The molecule has 1 N–H and O–H groups in total. The van der Waals surface area contributed by atoms with Crippen LogP contribution in [0, 0.1) is 12.8 Å². The van der Waals surface area contributed by atoms with Gasteiger partial charge in [-0.1, -0.05) is 29.8 Å². The third kappa shape index (κ3) is 3.38. The van der Waals surface area contributed by atoms with Crippen molar-refractivity contribution in [2.75, 3.05) is 6.61 Å². The van der Waals surface area contributed by atoms with Gasteiger partial charge >= 0.3 is 12.0 Å². The molecule has 0 aromatic heterocycles. The van der Waals surface area contributed by atoms with Crippen molar-refractivity contribution in [1.29, 1.82) is 0 Å². The monoisotopic (exact) mass is 344 g/mol. The highest BCUT2D eigenvalue weighted by atomic mass is 16.5. The zero-order valence-corrected chi connectivity index (χ0v) is 14.7. The molecule has 1 aromatic rings. The summed E-state index contributed by atoms with van der Waals surface area (Å²) in [6.07, 6.45) is 2.07. The Morgan fingerprint density at radius 3 is 2.48 bits per heavy atom. The molecular formula is C19H24N2O4. The molecule has 1 aliphatic heterocycles. The molecule has 0 bridgehead atoms. The SMILES string of the molecule is CCOC(=O)C1CCC2(CC1)NC(=O)N(Cc1ccc(C)cc1)C2=O. The normalized spacial score (nSPS) is 26.0. The first-order chi connectivity index (χ1) is 11.9. The maximum atomic E-state index is 12.9. The highest BCUT2D eigenvalue weighted by Gasteiger charge is 2.53. The van der Waals surface area contributed by atoms with E-state index in [1.807, 2.05) is 31.2 Å². The summed E-state index contributed by atoms with van der Waals surface area (Å²) in [7, 11) is 0. The minimum absolute atomic E-state index is 0.179. The number of carbonyl (C=O) groups is 3. The van der Waals surface area contributed by atoms with Crippen molar-refractivity contribution in [2.24, 2.45) is 5.92 Å². The Morgan fingerprint density at radius 2 is 1.88 bits per heavy atom. The number of aryl methyl sites for hydroxylation is 1. The van der Waals surface area contributed by atoms with E-state index in [9.17, 15) is 14.4 Å². The van der Waals surface area contributed by atoms with Crippen molar-refractivity contribution in [2.45, 2.75) is 51.6 Å². The number of imide groups is 1. The van der Waals surface area contributed by atoms with E-state index in [0.717, 1.165) is 11.1 Å². The molecule has 1 saturated heterocycles. The number of hydrogen-bond acceptors (Lipinski definition) is 4. The van der Waals surface area contributed by atoms with E-state index in [0.29, 0.717) is 32.3 Å². The molecule has 1 saturated carbocycles. The van der Waals surface area contributed by atoms with Crippen LogP contribution in [-0.2, 0) is 20.9 Å². The number of esters is 1. The van der Waals surface area contributed by atoms with E-state index in [4.69, 9.17) is 4.74 Å². The average Bonchev–Trinajstić information content (AvgIpc) is 2.82. The summed E-state index contributed by atoms with van der Waals surface area (Å²) in [5.41, 5.74) is 1.20. The molecule has 6 heteroatoms. The van der Waals surface area contributed by atoms with Crippen LogP contribution in [0.5, 0.6) is 0 Å². The van der Waals surface area contributed by atoms with Crippen LogP contribution >= 0.6 is 0 Å². The Morgan fingerprint density at radius 1 is 1.24 bits per heavy atom. The van der Waals surface area contributed by atoms with Crippen molar-refractivity contribution in [3.8, 4) is 0 Å². The summed E-state index contributed by atoms with van der Waals surface area (Å²) in [4.78, 5) is 38.4. The number of benzene rings is 1. The number of nitrogens with one attached hydrogen (secondary N) is 1. The maximum Gasteiger partial charge on any atom is 0.325 e. The Hall–Kier alpha value is -2.37. The highest BCUT2D eigenvalue weighted by molar-refractivity contribution is 6.07. The lowest BCUT2D eigenvalue weighted by molar-refractivity contribution is -0.150. The summed E-state index contributed by atoms with van der Waals surface area (Å²) in [6.45, 7) is 4.41. The van der Waals surface area contributed by atoms with E-state index in [1.165, 1.54) is 4.90 Å². The number of urea groups is 1. The molecule has 2 aliphatic rings. The lowest BCUT2D eigenvalue weighted by Crippen LogP contribution is -2.50. The molecule has 1 aliphatic carbocycles. The summed E-state index contributed by atoms with van der Waals surface area (Å²) < 4.78 is 5.07. The van der Waals surface area contributed by atoms with E-state index in [1.54, 1.807) is 6.92 Å². The Kier molecular flexibility index (Phi) is 4.79. The van der Waals surface area contributed by atoms with E-state index < -0.39 is 5.54 Å². The molecule has 134 valence electrons. The van der Waals surface area contributed by atoms with Crippen molar-refractivity contribution < 1.29 is 19.1 Å². The maximum absolute atomic E-state index is 12.9. The van der Waals surface area contributed by atoms with Gasteiger partial charge < -0.3 is 10.1 Å². The molecule has 0 radical (unpaired) electrons. The third-order valence-corrected chi connectivity index (χ3v) is 5.17. The predicted molar refractivity (Wildman–Crippen MR) is 91.6 cm³/mol. The highest BCUT2D eigenvalue weighted by Crippen LogP contribution is 2.37. The summed E-state index contributed by atoms with van der Waals surface area (Å²) in [5.74, 6) is -0.563. The number of hydrogen-bond donors (Lipinski definition) is 1. The zero-order valence-electron chi connectivity index (χ0n) is 14.7. The number of carbonyl (C=O) groups excluding carboxylic acids is 3. The molecule has 3 rings (SSSR count). The van der Waals surface area contributed by atoms with Gasteiger partial charge in [-0.15, -0.1) is 0 Å². The molecule has 0 unspecified atom stereocenters. The molecule has 1 heterocycles. The largest absolute Gasteiger partial charge is 0.466 e. The van der Waals surface area contributed by atoms with Crippen molar-refractivity contribution in [1.82, 2.24) is 10.2 Å². The van der Waals surface area contributed by atoms with Crippen LogP contribution in [0.15, 0.2) is 24.3 Å². The van der Waals surface area contributed by atoms with Crippen LogP contribution in [0.1, 0.15) is 43.7 Å². The minimum atomic E-state index is -0.856. The molecule has 3 amide bonds. The first-order valence-electron chi connectivity index (χ1n) is 8.81. The van der Waals surface area contributed by atoms with Gasteiger partial charge in [0.1, 0.15) is 5.54 Å². The number of rotatable bonds is 4. The van der Waals surface area contributed by atoms with Crippen LogP contribution in [-0.4, -0.2) is 35.0 Å². The zero-order chi connectivity index (χ0) is 18.0. The van der Waals surface area contributed by atoms with Gasteiger partial charge in [0, 0.05) is 0 Å². The van der Waals surface area contributed by atoms with E-state index in [2.05, 4.69) is 5.32 Å². The van der Waals surface area contributed by atoms with Crippen LogP contribution in [0.4, 0.5) is 4.79 Å². The summed E-state index contributed by atoms with van der Waals surface area (Å²) >= 11 is 0. The van der Waals surface area contributed by atoms with Crippen LogP contribution < -0.4 is 5.32 Å². The number of nitrogens with zero attached hydrogens (tertiary/aromatic N) is 1. The lowest BCUT2D eigenvalue weighted by Gasteiger charge is -2.33. The van der Waals surface area contributed by atoms with Crippen LogP contribution in [0.25, 0.3) is 0 Å². The van der Waals surface area contributed by atoms with Gasteiger partial charge in [-0.2, -0.15) is 0 Å². The predicted octanol–water partition coefficient (Wildman–Crippen LogP) is 2.54. The quantitative estimate of drug-likeness (QED) is 0.673. The first kappa shape index (κ1) is 17.5. The molecule has 1 spiro atoms. The van der Waals surface area contributed by atoms with Crippen molar-refractivity contribution in [3.05, 3.63) is 35.4 Å². The topological polar surface area (TPSA) is 75.7 Å². The van der Waals surface area contributed by atoms with Gasteiger partial charge in [0.2, 0.25) is 0 Å². The molecule has 0 atom stereocenters. The second kappa shape index (κ2) is 6.86. The molecular weight excluding hydrogens is 320 g/mol. The second-order valence-corrected chi connectivity index (χ2v) is 6.92. The lowest BCUT2D eigenvalue weighted by atomic mass is 9.76. The second-order valence-electron chi connectivity index (χ2n) is 6.92.